The molecule has 3 amide bonds. The van der Waals surface area contributed by atoms with E-state index < -0.39 is 11.3 Å². The number of nitrogens with zero attached hydrogens (tertiary/aromatic N) is 4. The number of amides is 3. The molecule has 162 valence electrons. The third-order valence-corrected chi connectivity index (χ3v) is 6.55. The number of ether oxygens (including phenoxy) is 1. The van der Waals surface area contributed by atoms with Gasteiger partial charge in [0.1, 0.15) is 17.5 Å². The van der Waals surface area contributed by atoms with E-state index in [2.05, 4.69) is 10.1 Å². The summed E-state index contributed by atoms with van der Waals surface area (Å²) in [6.07, 6.45) is 1.87. The van der Waals surface area contributed by atoms with Crippen LogP contribution >= 0.6 is 11.8 Å². The molecule has 9 heteroatoms. The first-order chi connectivity index (χ1) is 15.5. The number of aryl methyl sites for hydroxylation is 1. The van der Waals surface area contributed by atoms with Gasteiger partial charge in [0.15, 0.2) is 0 Å². The Morgan fingerprint density at radius 3 is 2.75 bits per heavy atom. The molecule has 2 aromatic carbocycles. The van der Waals surface area contributed by atoms with Crippen LogP contribution in [0.2, 0.25) is 0 Å². The van der Waals surface area contributed by atoms with Gasteiger partial charge in [-0.25, -0.2) is 9.69 Å². The topological polar surface area (TPSA) is 88.8 Å². The van der Waals surface area contributed by atoms with E-state index in [1.807, 2.05) is 54.8 Å². The lowest BCUT2D eigenvalue weighted by atomic mass is 10.1. The molecule has 1 saturated heterocycles. The zero-order valence-electron chi connectivity index (χ0n) is 17.5. The largest absolute Gasteiger partial charge is 0.497 e. The minimum Gasteiger partial charge on any atom is -0.497 e. The van der Waals surface area contributed by atoms with Gasteiger partial charge in [0.25, 0.3) is 5.91 Å². The molecule has 3 heterocycles. The van der Waals surface area contributed by atoms with Crippen molar-refractivity contribution in [3.63, 3.8) is 0 Å². The molecule has 0 N–H and O–H groups in total. The van der Waals surface area contributed by atoms with Crippen LogP contribution in [0.1, 0.15) is 11.5 Å². The first-order valence-corrected chi connectivity index (χ1v) is 11.0. The number of imide groups is 1. The fourth-order valence-corrected chi connectivity index (χ4v) is 4.83. The Hall–Kier alpha value is -3.59. The van der Waals surface area contributed by atoms with Gasteiger partial charge in [0.2, 0.25) is 11.7 Å². The van der Waals surface area contributed by atoms with E-state index in [1.165, 1.54) is 16.7 Å². The van der Waals surface area contributed by atoms with E-state index in [9.17, 15) is 9.59 Å². The first kappa shape index (κ1) is 20.3. The molecule has 0 aliphatic carbocycles. The van der Waals surface area contributed by atoms with Gasteiger partial charge in [0.05, 0.1) is 18.8 Å². The van der Waals surface area contributed by atoms with Gasteiger partial charge in [-0.05, 0) is 36.6 Å². The van der Waals surface area contributed by atoms with E-state index in [1.54, 1.807) is 24.1 Å². The number of hydrogen-bond acceptors (Lipinski definition) is 7. The standard InChI is InChI=1S/C23H20N4O4S/c1-14-6-8-16(9-7-14)27-22(28)20-18(10-11-32-20)26(23(27)29)13-19-24-21(25-31-19)15-4-3-5-17(12-15)30-2/h3-12,18,20H,13H2,1-2H3. The van der Waals surface area contributed by atoms with Gasteiger partial charge in [0, 0.05) is 5.56 Å². The van der Waals surface area contributed by atoms with Crippen molar-refractivity contribution < 1.29 is 18.8 Å². The monoisotopic (exact) mass is 448 g/mol. The number of urea groups is 1. The highest BCUT2D eigenvalue weighted by atomic mass is 32.2. The van der Waals surface area contributed by atoms with Gasteiger partial charge >= 0.3 is 6.03 Å². The van der Waals surface area contributed by atoms with Crippen LogP contribution in [-0.4, -0.2) is 45.4 Å². The van der Waals surface area contributed by atoms with E-state index in [0.717, 1.165) is 11.1 Å². The molecule has 0 spiro atoms. The van der Waals surface area contributed by atoms with E-state index in [-0.39, 0.29) is 18.5 Å². The van der Waals surface area contributed by atoms with Crippen LogP contribution in [0.4, 0.5) is 10.5 Å². The van der Waals surface area contributed by atoms with Crippen molar-refractivity contribution in [1.29, 1.82) is 0 Å². The van der Waals surface area contributed by atoms with Gasteiger partial charge < -0.3 is 14.2 Å². The quantitative estimate of drug-likeness (QED) is 0.582. The minimum atomic E-state index is -0.409. The average Bonchev–Trinajstić information content (AvgIpc) is 3.48. The summed E-state index contributed by atoms with van der Waals surface area (Å²) in [5.41, 5.74) is 2.34. The molecule has 2 unspecified atom stereocenters. The number of methoxy groups -OCH3 is 1. The second-order valence-electron chi connectivity index (χ2n) is 7.54. The van der Waals surface area contributed by atoms with Gasteiger partial charge in [-0.15, -0.1) is 11.8 Å². The summed E-state index contributed by atoms with van der Waals surface area (Å²) in [6, 6.07) is 13.9. The van der Waals surface area contributed by atoms with Crippen molar-refractivity contribution in [3.05, 3.63) is 71.5 Å². The number of rotatable bonds is 5. The van der Waals surface area contributed by atoms with E-state index in [4.69, 9.17) is 9.26 Å². The number of benzene rings is 2. The summed E-state index contributed by atoms with van der Waals surface area (Å²) >= 11 is 1.41. The van der Waals surface area contributed by atoms with Crippen LogP contribution in [0.15, 0.2) is 64.5 Å². The normalized spacial score (nSPS) is 20.1. The molecule has 8 nitrogen and oxygen atoms in total. The average molecular weight is 449 g/mol. The number of fused-ring (bicyclic) bond motifs is 1. The fourth-order valence-electron chi connectivity index (χ4n) is 3.79. The van der Waals surface area contributed by atoms with Crippen molar-refractivity contribution in [2.24, 2.45) is 0 Å². The number of hydrogen-bond donors (Lipinski definition) is 0. The molecule has 1 aromatic heterocycles. The maximum atomic E-state index is 13.4. The van der Waals surface area contributed by atoms with Crippen LogP contribution in [0.5, 0.6) is 5.75 Å². The number of aromatic nitrogens is 2. The number of carbonyl (C=O) groups is 2. The summed E-state index contributed by atoms with van der Waals surface area (Å²) in [4.78, 5) is 33.8. The van der Waals surface area contributed by atoms with Crippen LogP contribution in [-0.2, 0) is 11.3 Å². The first-order valence-electron chi connectivity index (χ1n) is 10.1. The molecule has 2 aliphatic rings. The Balaban J connectivity index is 1.44. The fraction of sp³-hybridized carbons (Fsp3) is 0.217. The summed E-state index contributed by atoms with van der Waals surface area (Å²) in [5, 5.41) is 5.51. The molecule has 5 rings (SSSR count). The summed E-state index contributed by atoms with van der Waals surface area (Å²) in [7, 11) is 1.59. The highest BCUT2D eigenvalue weighted by Crippen LogP contribution is 2.37. The Labute approximate surface area is 188 Å². The summed E-state index contributed by atoms with van der Waals surface area (Å²) in [5.74, 6) is 1.15. The lowest BCUT2D eigenvalue weighted by molar-refractivity contribution is -0.119. The molecular weight excluding hydrogens is 428 g/mol. The molecule has 3 aromatic rings. The zero-order chi connectivity index (χ0) is 22.2. The van der Waals surface area contributed by atoms with Gasteiger partial charge in [-0.1, -0.05) is 41.1 Å². The molecule has 2 aliphatic heterocycles. The van der Waals surface area contributed by atoms with Crippen molar-refractivity contribution in [3.8, 4) is 17.1 Å². The molecule has 2 atom stereocenters. The number of carbonyl (C=O) groups excluding carboxylic acids is 2. The Kier molecular flexibility index (Phi) is 5.18. The maximum Gasteiger partial charge on any atom is 0.332 e. The molecular formula is C23H20N4O4S. The molecule has 1 fully saturated rings. The van der Waals surface area contributed by atoms with Crippen molar-refractivity contribution in [2.45, 2.75) is 24.8 Å². The van der Waals surface area contributed by atoms with Crippen molar-refractivity contribution in [2.75, 3.05) is 12.0 Å². The maximum absolute atomic E-state index is 13.4. The minimum absolute atomic E-state index is 0.0948. The molecule has 32 heavy (non-hydrogen) atoms. The van der Waals surface area contributed by atoms with Crippen LogP contribution < -0.4 is 9.64 Å². The number of anilines is 1. The summed E-state index contributed by atoms with van der Waals surface area (Å²) in [6.45, 7) is 2.05. The van der Waals surface area contributed by atoms with Crippen molar-refractivity contribution in [1.82, 2.24) is 15.0 Å². The van der Waals surface area contributed by atoms with Gasteiger partial charge in [-0.3, -0.25) is 4.79 Å². The lowest BCUT2D eigenvalue weighted by Gasteiger charge is -2.40. The van der Waals surface area contributed by atoms with Gasteiger partial charge in [-0.2, -0.15) is 4.98 Å². The predicted octanol–water partition coefficient (Wildman–Crippen LogP) is 4.02. The third kappa shape index (κ3) is 3.54. The third-order valence-electron chi connectivity index (χ3n) is 5.47. The number of thioether (sulfide) groups is 1. The Morgan fingerprint density at radius 2 is 1.97 bits per heavy atom. The predicted molar refractivity (Wildman–Crippen MR) is 120 cm³/mol. The molecule has 0 saturated carbocycles. The molecule has 0 radical (unpaired) electrons. The van der Waals surface area contributed by atoms with Crippen LogP contribution in [0, 0.1) is 6.92 Å². The SMILES string of the molecule is COc1cccc(-c2noc(CN3C(=O)N(c4ccc(C)cc4)C(=O)C4SC=CC43)n2)c1. The second kappa shape index (κ2) is 8.16. The summed E-state index contributed by atoms with van der Waals surface area (Å²) < 4.78 is 10.7. The molecule has 0 bridgehead atoms. The van der Waals surface area contributed by atoms with Crippen molar-refractivity contribution >= 4 is 29.4 Å². The smallest absolute Gasteiger partial charge is 0.332 e. The van der Waals surface area contributed by atoms with E-state index >= 15 is 0 Å². The highest BCUT2D eigenvalue weighted by molar-refractivity contribution is 8.03. The van der Waals surface area contributed by atoms with Crippen LogP contribution in [0.25, 0.3) is 11.4 Å². The highest BCUT2D eigenvalue weighted by Gasteiger charge is 2.48. The second-order valence-corrected chi connectivity index (χ2v) is 8.59. The van der Waals surface area contributed by atoms with Crippen LogP contribution in [0.3, 0.4) is 0 Å². The zero-order valence-corrected chi connectivity index (χ0v) is 18.3. The lowest BCUT2D eigenvalue weighted by Crippen LogP contribution is -2.61. The Morgan fingerprint density at radius 1 is 1.16 bits per heavy atom. The van der Waals surface area contributed by atoms with E-state index in [0.29, 0.717) is 23.2 Å². The Bertz CT molecular complexity index is 1210.